The molecule has 5 atom stereocenters. The Bertz CT molecular complexity index is 1580. The number of benzene rings is 1. The van der Waals surface area contributed by atoms with Gasteiger partial charge < -0.3 is 24.3 Å². The average molecular weight is 695 g/mol. The van der Waals surface area contributed by atoms with Crippen LogP contribution in [0.25, 0.3) is 0 Å². The lowest BCUT2D eigenvalue weighted by Crippen LogP contribution is -2.42. The molecule has 0 bridgehead atoms. The Morgan fingerprint density at radius 1 is 1.00 bits per heavy atom. The normalized spacial score (nSPS) is 22.1. The molecule has 48 heavy (non-hydrogen) atoms. The predicted octanol–water partition coefficient (Wildman–Crippen LogP) is 2.81. The smallest absolute Gasteiger partial charge is 0.422 e. The number of ether oxygens (including phenoxy) is 4. The SMILES string of the molecule is CCCCCCCCCC(=O)NC(COC(=O)NS(=O)(=O)OCC1OC(n2ccc(=O)[nH]c2=O)C2OC(C)(C)OC12)Cc1ccccc1. The Labute approximate surface area is 279 Å². The Morgan fingerprint density at radius 3 is 2.40 bits per heavy atom. The summed E-state index contributed by atoms with van der Waals surface area (Å²) in [4.78, 5) is 51.3. The van der Waals surface area contributed by atoms with Gasteiger partial charge in [0.2, 0.25) is 5.91 Å². The molecule has 2 aliphatic heterocycles. The Morgan fingerprint density at radius 2 is 1.69 bits per heavy atom. The first-order valence-electron chi connectivity index (χ1n) is 16.4. The number of hydrogen-bond donors (Lipinski definition) is 3. The molecule has 2 fully saturated rings. The van der Waals surface area contributed by atoms with Gasteiger partial charge in [-0.15, -0.1) is 0 Å². The van der Waals surface area contributed by atoms with Crippen molar-refractivity contribution in [1.82, 2.24) is 19.6 Å². The quantitative estimate of drug-likeness (QED) is 0.194. The van der Waals surface area contributed by atoms with Crippen LogP contribution in [0.2, 0.25) is 0 Å². The van der Waals surface area contributed by atoms with E-state index in [1.807, 2.05) is 30.3 Å². The molecule has 1 aromatic heterocycles. The molecule has 266 valence electrons. The van der Waals surface area contributed by atoms with E-state index in [1.165, 1.54) is 25.5 Å². The van der Waals surface area contributed by atoms with Crippen LogP contribution >= 0.6 is 0 Å². The number of unbranched alkanes of at least 4 members (excludes halogenated alkanes) is 6. The number of fused-ring (bicyclic) bond motifs is 1. The molecule has 1 aromatic carbocycles. The minimum absolute atomic E-state index is 0.178. The third kappa shape index (κ3) is 11.3. The molecular weight excluding hydrogens is 648 g/mol. The first kappa shape index (κ1) is 37.3. The first-order chi connectivity index (χ1) is 22.9. The highest BCUT2D eigenvalue weighted by molar-refractivity contribution is 7.85. The molecule has 0 saturated carbocycles. The molecule has 15 nitrogen and oxygen atoms in total. The number of hydrogen-bond acceptors (Lipinski definition) is 11. The van der Waals surface area contributed by atoms with Crippen LogP contribution in [0.1, 0.15) is 83.9 Å². The number of carbonyl (C=O) groups is 2. The van der Waals surface area contributed by atoms with Gasteiger partial charge in [0.1, 0.15) is 24.9 Å². The standard InChI is InChI=1S/C32H46N4O11S/c1-4-5-6-7-8-9-13-16-25(37)33-23(19-22-14-11-10-12-15-22)20-43-31(40)35-48(41,42)44-21-24-27-28(47-32(2,3)46-27)29(45-24)36-18-17-26(38)34-30(36)39/h10-12,14-15,17-18,23-24,27-29H,4-9,13,16,19-21H2,1-3H3,(H,33,37)(H,35,40)(H,34,38,39). The van der Waals surface area contributed by atoms with Gasteiger partial charge in [-0.1, -0.05) is 75.8 Å². The second-order valence-electron chi connectivity index (χ2n) is 12.4. The van der Waals surface area contributed by atoms with E-state index >= 15 is 0 Å². The molecule has 3 N–H and O–H groups in total. The van der Waals surface area contributed by atoms with E-state index in [-0.39, 0.29) is 12.5 Å². The summed E-state index contributed by atoms with van der Waals surface area (Å²) in [5.41, 5.74) is -0.453. The Kier molecular flexibility index (Phi) is 13.3. The van der Waals surface area contributed by atoms with Gasteiger partial charge in [0.25, 0.3) is 5.56 Å². The number of carbonyl (C=O) groups excluding carboxylic acids is 2. The van der Waals surface area contributed by atoms with Crippen LogP contribution in [0.5, 0.6) is 0 Å². The largest absolute Gasteiger partial charge is 0.447 e. The van der Waals surface area contributed by atoms with Gasteiger partial charge in [-0.2, -0.15) is 13.1 Å². The van der Waals surface area contributed by atoms with Crippen molar-refractivity contribution in [2.75, 3.05) is 13.2 Å². The van der Waals surface area contributed by atoms with Gasteiger partial charge in [-0.05, 0) is 32.3 Å². The van der Waals surface area contributed by atoms with E-state index in [1.54, 1.807) is 18.6 Å². The maximum atomic E-state index is 12.7. The van der Waals surface area contributed by atoms with Crippen molar-refractivity contribution in [1.29, 1.82) is 0 Å². The zero-order chi connectivity index (χ0) is 34.7. The van der Waals surface area contributed by atoms with Crippen LogP contribution in [-0.4, -0.2) is 73.3 Å². The molecular formula is C32H46N4O11S. The summed E-state index contributed by atoms with van der Waals surface area (Å²) < 4.78 is 56.0. The molecule has 0 radical (unpaired) electrons. The topological polar surface area (TPSA) is 193 Å². The summed E-state index contributed by atoms with van der Waals surface area (Å²) in [5.74, 6) is -1.26. The summed E-state index contributed by atoms with van der Waals surface area (Å²) in [7, 11) is -4.68. The van der Waals surface area contributed by atoms with Crippen molar-refractivity contribution in [3.8, 4) is 0 Å². The number of amides is 2. The number of nitrogens with zero attached hydrogens (tertiary/aromatic N) is 1. The van der Waals surface area contributed by atoms with Crippen molar-refractivity contribution in [3.05, 3.63) is 69.0 Å². The number of rotatable bonds is 18. The summed E-state index contributed by atoms with van der Waals surface area (Å²) in [5, 5.41) is 2.90. The molecule has 0 aliphatic carbocycles. The molecule has 0 spiro atoms. The van der Waals surface area contributed by atoms with Gasteiger partial charge >= 0.3 is 22.1 Å². The Hall–Kier alpha value is -3.57. The van der Waals surface area contributed by atoms with Crippen molar-refractivity contribution in [3.63, 3.8) is 0 Å². The fourth-order valence-electron chi connectivity index (χ4n) is 5.73. The molecule has 2 aromatic rings. The first-order valence-corrected chi connectivity index (χ1v) is 17.8. The van der Waals surface area contributed by atoms with Gasteiger partial charge in [-0.25, -0.2) is 9.59 Å². The van der Waals surface area contributed by atoms with Crippen LogP contribution < -0.4 is 21.3 Å². The highest BCUT2D eigenvalue weighted by Gasteiger charge is 2.56. The third-order valence-corrected chi connectivity index (χ3v) is 8.82. The second-order valence-corrected chi connectivity index (χ2v) is 13.8. The predicted molar refractivity (Wildman–Crippen MR) is 173 cm³/mol. The van der Waals surface area contributed by atoms with Gasteiger partial charge in [0, 0.05) is 18.7 Å². The van der Waals surface area contributed by atoms with Gasteiger partial charge in [-0.3, -0.25) is 23.3 Å². The average Bonchev–Trinajstić information content (AvgIpc) is 3.51. The molecule has 2 saturated heterocycles. The zero-order valence-electron chi connectivity index (χ0n) is 27.6. The van der Waals surface area contributed by atoms with E-state index in [4.69, 9.17) is 23.1 Å². The van der Waals surface area contributed by atoms with E-state index in [0.29, 0.717) is 12.8 Å². The lowest BCUT2D eigenvalue weighted by Gasteiger charge is -2.24. The minimum Gasteiger partial charge on any atom is -0.447 e. The highest BCUT2D eigenvalue weighted by atomic mass is 32.2. The maximum absolute atomic E-state index is 12.7. The zero-order valence-corrected chi connectivity index (χ0v) is 28.4. The molecule has 4 rings (SSSR count). The lowest BCUT2D eigenvalue weighted by atomic mass is 10.1. The maximum Gasteiger partial charge on any atom is 0.422 e. The number of nitrogens with one attached hydrogen (secondary N) is 3. The summed E-state index contributed by atoms with van der Waals surface area (Å²) in [6.07, 6.45) is 4.38. The molecule has 5 unspecified atom stereocenters. The summed E-state index contributed by atoms with van der Waals surface area (Å²) >= 11 is 0. The van der Waals surface area contributed by atoms with Crippen LogP contribution in [0.3, 0.4) is 0 Å². The monoisotopic (exact) mass is 694 g/mol. The van der Waals surface area contributed by atoms with E-state index in [0.717, 1.165) is 41.9 Å². The second kappa shape index (κ2) is 17.2. The van der Waals surface area contributed by atoms with E-state index in [2.05, 4.69) is 17.2 Å². The van der Waals surface area contributed by atoms with Crippen LogP contribution in [0, 0.1) is 0 Å². The van der Waals surface area contributed by atoms with E-state index < -0.39 is 70.6 Å². The van der Waals surface area contributed by atoms with Gasteiger partial charge in [0.15, 0.2) is 12.0 Å². The van der Waals surface area contributed by atoms with Gasteiger partial charge in [0.05, 0.1) is 12.6 Å². The van der Waals surface area contributed by atoms with E-state index in [9.17, 15) is 27.6 Å². The summed E-state index contributed by atoms with van der Waals surface area (Å²) in [6, 6.07) is 9.86. The number of H-pyrrole nitrogens is 1. The van der Waals surface area contributed by atoms with Crippen LogP contribution in [0.15, 0.2) is 52.2 Å². The van der Waals surface area contributed by atoms with Crippen molar-refractivity contribution < 1.29 is 41.1 Å². The molecule has 2 aliphatic rings. The van der Waals surface area contributed by atoms with Crippen LogP contribution in [-0.2, 0) is 44.7 Å². The third-order valence-electron chi connectivity index (χ3n) is 7.96. The van der Waals surface area contributed by atoms with Crippen LogP contribution in [0.4, 0.5) is 4.79 Å². The Balaban J connectivity index is 1.29. The minimum atomic E-state index is -4.68. The molecule has 2 amide bonds. The fraction of sp³-hybridized carbons (Fsp3) is 0.625. The van der Waals surface area contributed by atoms with Crippen molar-refractivity contribution in [2.45, 2.75) is 115 Å². The number of aromatic amines is 1. The highest BCUT2D eigenvalue weighted by Crippen LogP contribution is 2.42. The lowest BCUT2D eigenvalue weighted by molar-refractivity contribution is -0.199. The van der Waals surface area contributed by atoms with Crippen molar-refractivity contribution >= 4 is 22.3 Å². The molecule has 16 heteroatoms. The van der Waals surface area contributed by atoms with Crippen molar-refractivity contribution in [2.24, 2.45) is 0 Å². The molecule has 3 heterocycles. The summed E-state index contributed by atoms with van der Waals surface area (Å²) in [6.45, 7) is 4.58. The fourth-order valence-corrected chi connectivity index (χ4v) is 6.37. The number of aromatic nitrogens is 2.